The quantitative estimate of drug-likeness (QED) is 0.732. The van der Waals surface area contributed by atoms with Gasteiger partial charge in [-0.15, -0.1) is 0 Å². The number of aryl methyl sites for hydroxylation is 1. The van der Waals surface area contributed by atoms with Gasteiger partial charge in [0, 0.05) is 10.5 Å². The topological polar surface area (TPSA) is 101 Å². The summed E-state index contributed by atoms with van der Waals surface area (Å²) in [5.74, 6) is -0.451. The number of carbonyl (C=O) groups excluding carboxylic acids is 1. The normalized spacial score (nSPS) is 10.2. The maximum atomic E-state index is 11.9. The Labute approximate surface area is 117 Å². The summed E-state index contributed by atoms with van der Waals surface area (Å²) in [5.41, 5.74) is 7.49. The maximum Gasteiger partial charge on any atom is 0.276 e. The highest BCUT2D eigenvalue weighted by molar-refractivity contribution is 9.10. The summed E-state index contributed by atoms with van der Waals surface area (Å²) in [7, 11) is 0. The minimum atomic E-state index is -0.451. The van der Waals surface area contributed by atoms with Gasteiger partial charge < -0.3 is 11.1 Å². The summed E-state index contributed by atoms with van der Waals surface area (Å²) >= 11 is 3.34. The molecule has 1 heterocycles. The molecule has 6 nitrogen and oxygen atoms in total. The number of carbonyl (C=O) groups is 1. The molecule has 1 aromatic carbocycles. The predicted octanol–water partition coefficient (Wildman–Crippen LogP) is 1.68. The molecule has 0 saturated carbocycles. The van der Waals surface area contributed by atoms with Gasteiger partial charge in [-0.05, 0) is 46.6 Å². The van der Waals surface area contributed by atoms with Crippen LogP contribution >= 0.6 is 15.9 Å². The van der Waals surface area contributed by atoms with Crippen LogP contribution in [0, 0.1) is 6.92 Å². The van der Waals surface area contributed by atoms with Crippen molar-refractivity contribution >= 4 is 33.2 Å². The second-order valence-electron chi connectivity index (χ2n) is 3.97. The van der Waals surface area contributed by atoms with Crippen molar-refractivity contribution in [2.45, 2.75) is 6.92 Å². The van der Waals surface area contributed by atoms with Crippen LogP contribution in [0.1, 0.15) is 16.1 Å². The van der Waals surface area contributed by atoms with Gasteiger partial charge in [-0.1, -0.05) is 0 Å². The third kappa shape index (κ3) is 3.00. The minimum Gasteiger partial charge on any atom is -0.397 e. The SMILES string of the molecule is Cc1cc(N)c(NC(=O)c2ccc(=O)[nH]n2)c(Br)c1. The van der Waals surface area contributed by atoms with Crippen LogP contribution in [0.2, 0.25) is 0 Å². The number of hydrogen-bond acceptors (Lipinski definition) is 4. The van der Waals surface area contributed by atoms with Crippen LogP contribution in [0.3, 0.4) is 0 Å². The van der Waals surface area contributed by atoms with Gasteiger partial charge >= 0.3 is 0 Å². The van der Waals surface area contributed by atoms with Gasteiger partial charge in [0.15, 0.2) is 0 Å². The minimum absolute atomic E-state index is 0.103. The number of nitrogens with two attached hydrogens (primary N) is 1. The largest absolute Gasteiger partial charge is 0.397 e. The van der Waals surface area contributed by atoms with Crippen molar-refractivity contribution in [1.82, 2.24) is 10.2 Å². The number of anilines is 2. The van der Waals surface area contributed by atoms with E-state index in [1.54, 1.807) is 6.07 Å². The highest BCUT2D eigenvalue weighted by atomic mass is 79.9. The molecule has 0 unspecified atom stereocenters. The number of H-pyrrole nitrogens is 1. The fourth-order valence-electron chi connectivity index (χ4n) is 1.55. The zero-order valence-electron chi connectivity index (χ0n) is 10.0. The summed E-state index contributed by atoms with van der Waals surface area (Å²) in [5, 5.41) is 8.49. The predicted molar refractivity (Wildman–Crippen MR) is 76.1 cm³/mol. The van der Waals surface area contributed by atoms with E-state index in [0.717, 1.165) is 5.56 Å². The van der Waals surface area contributed by atoms with E-state index in [1.807, 2.05) is 13.0 Å². The van der Waals surface area contributed by atoms with E-state index in [4.69, 9.17) is 5.73 Å². The fourth-order valence-corrected chi connectivity index (χ4v) is 2.24. The molecular formula is C12H11BrN4O2. The Morgan fingerprint density at radius 1 is 1.42 bits per heavy atom. The second-order valence-corrected chi connectivity index (χ2v) is 4.83. The number of halogens is 1. The van der Waals surface area contributed by atoms with Crippen molar-refractivity contribution < 1.29 is 4.79 Å². The molecule has 0 aliphatic carbocycles. The van der Waals surface area contributed by atoms with Gasteiger partial charge in [0.2, 0.25) is 0 Å². The molecule has 0 bridgehead atoms. The molecule has 1 amide bonds. The van der Waals surface area contributed by atoms with Crippen LogP contribution < -0.4 is 16.6 Å². The summed E-state index contributed by atoms with van der Waals surface area (Å²) in [4.78, 5) is 22.8. The Morgan fingerprint density at radius 2 is 2.16 bits per heavy atom. The summed E-state index contributed by atoms with van der Waals surface area (Å²) in [6.07, 6.45) is 0. The van der Waals surface area contributed by atoms with Crippen molar-refractivity contribution in [1.29, 1.82) is 0 Å². The number of benzene rings is 1. The van der Waals surface area contributed by atoms with Gasteiger partial charge in [-0.2, -0.15) is 5.10 Å². The number of hydrogen-bond donors (Lipinski definition) is 3. The molecule has 0 aliphatic rings. The first kappa shape index (κ1) is 13.3. The molecule has 4 N–H and O–H groups in total. The smallest absolute Gasteiger partial charge is 0.276 e. The summed E-state index contributed by atoms with van der Waals surface area (Å²) in [6, 6.07) is 6.16. The second kappa shape index (κ2) is 5.23. The molecule has 0 spiro atoms. The van der Waals surface area contributed by atoms with Crippen LogP contribution in [-0.2, 0) is 0 Å². The lowest BCUT2D eigenvalue weighted by Crippen LogP contribution is -2.18. The average Bonchev–Trinajstić information content (AvgIpc) is 2.34. The molecule has 7 heteroatoms. The lowest BCUT2D eigenvalue weighted by molar-refractivity contribution is 0.102. The fraction of sp³-hybridized carbons (Fsp3) is 0.0833. The van der Waals surface area contributed by atoms with Gasteiger partial charge in [0.1, 0.15) is 5.69 Å². The molecular weight excluding hydrogens is 312 g/mol. The number of nitrogens with zero attached hydrogens (tertiary/aromatic N) is 1. The monoisotopic (exact) mass is 322 g/mol. The van der Waals surface area contributed by atoms with Crippen molar-refractivity contribution in [3.05, 3.63) is 50.3 Å². The Morgan fingerprint density at radius 3 is 2.74 bits per heavy atom. The first-order valence-corrected chi connectivity index (χ1v) is 6.19. The van der Waals surface area contributed by atoms with E-state index in [0.29, 0.717) is 15.8 Å². The molecule has 2 rings (SSSR count). The van der Waals surface area contributed by atoms with Crippen LogP contribution in [0.4, 0.5) is 11.4 Å². The average molecular weight is 323 g/mol. The number of aromatic amines is 1. The van der Waals surface area contributed by atoms with E-state index in [1.165, 1.54) is 12.1 Å². The van der Waals surface area contributed by atoms with E-state index in [-0.39, 0.29) is 11.3 Å². The Hall–Kier alpha value is -2.15. The van der Waals surface area contributed by atoms with Crippen molar-refractivity contribution in [2.75, 3.05) is 11.1 Å². The highest BCUT2D eigenvalue weighted by Crippen LogP contribution is 2.30. The van der Waals surface area contributed by atoms with Gasteiger partial charge in [0.05, 0.1) is 11.4 Å². The zero-order chi connectivity index (χ0) is 14.0. The number of nitrogen functional groups attached to an aromatic ring is 1. The lowest BCUT2D eigenvalue weighted by atomic mass is 10.2. The number of amides is 1. The summed E-state index contributed by atoms with van der Waals surface area (Å²) < 4.78 is 0.683. The first-order valence-electron chi connectivity index (χ1n) is 5.40. The molecule has 1 aromatic heterocycles. The molecule has 0 fully saturated rings. The third-order valence-electron chi connectivity index (χ3n) is 2.42. The zero-order valence-corrected chi connectivity index (χ0v) is 11.6. The Balaban J connectivity index is 2.29. The molecule has 0 atom stereocenters. The Bertz CT molecular complexity index is 653. The van der Waals surface area contributed by atoms with Crippen LogP contribution in [0.25, 0.3) is 0 Å². The van der Waals surface area contributed by atoms with E-state index in [9.17, 15) is 9.59 Å². The lowest BCUT2D eigenvalue weighted by Gasteiger charge is -2.10. The molecule has 2 aromatic rings. The van der Waals surface area contributed by atoms with Crippen molar-refractivity contribution in [2.24, 2.45) is 0 Å². The maximum absolute atomic E-state index is 11.9. The van der Waals surface area contributed by atoms with Crippen molar-refractivity contribution in [3.63, 3.8) is 0 Å². The Kier molecular flexibility index (Phi) is 3.66. The number of nitrogens with one attached hydrogen (secondary N) is 2. The van der Waals surface area contributed by atoms with Crippen LogP contribution in [0.15, 0.2) is 33.5 Å². The van der Waals surface area contributed by atoms with Crippen molar-refractivity contribution in [3.8, 4) is 0 Å². The van der Waals surface area contributed by atoms with Gasteiger partial charge in [0.25, 0.3) is 11.5 Å². The number of aromatic nitrogens is 2. The van der Waals surface area contributed by atoms with E-state index < -0.39 is 5.91 Å². The standard InChI is InChI=1S/C12H11BrN4O2/c1-6-4-7(13)11(8(14)5-6)15-12(19)9-2-3-10(18)17-16-9/h2-5H,14H2,1H3,(H,15,19)(H,17,18). The van der Waals surface area contributed by atoms with Gasteiger partial charge in [-0.3, -0.25) is 9.59 Å². The summed E-state index contributed by atoms with van der Waals surface area (Å²) in [6.45, 7) is 1.90. The van der Waals surface area contributed by atoms with E-state index >= 15 is 0 Å². The van der Waals surface area contributed by atoms with Gasteiger partial charge in [-0.25, -0.2) is 5.10 Å². The molecule has 0 aliphatic heterocycles. The first-order chi connectivity index (χ1) is 8.97. The highest BCUT2D eigenvalue weighted by Gasteiger charge is 2.12. The molecule has 0 radical (unpaired) electrons. The molecule has 0 saturated heterocycles. The van der Waals surface area contributed by atoms with Crippen LogP contribution in [-0.4, -0.2) is 16.1 Å². The molecule has 19 heavy (non-hydrogen) atoms. The third-order valence-corrected chi connectivity index (χ3v) is 3.04. The number of rotatable bonds is 2. The van der Waals surface area contributed by atoms with E-state index in [2.05, 4.69) is 31.4 Å². The van der Waals surface area contributed by atoms with Crippen LogP contribution in [0.5, 0.6) is 0 Å². The molecule has 98 valence electrons.